The van der Waals surface area contributed by atoms with Gasteiger partial charge < -0.3 is 24.4 Å². The lowest BCUT2D eigenvalue weighted by atomic mass is 9.99. The van der Waals surface area contributed by atoms with Crippen LogP contribution in [-0.4, -0.2) is 63.8 Å². The molecule has 0 spiro atoms. The van der Waals surface area contributed by atoms with Gasteiger partial charge in [-0.2, -0.15) is 0 Å². The van der Waals surface area contributed by atoms with Gasteiger partial charge in [0.15, 0.2) is 5.96 Å². The third-order valence-electron chi connectivity index (χ3n) is 4.64. The molecule has 0 aliphatic carbocycles. The van der Waals surface area contributed by atoms with Gasteiger partial charge in [0, 0.05) is 32.6 Å². The lowest BCUT2D eigenvalue weighted by molar-refractivity contribution is -0.145. The summed E-state index contributed by atoms with van der Waals surface area (Å²) in [6.45, 7) is 7.60. The molecule has 1 heterocycles. The summed E-state index contributed by atoms with van der Waals surface area (Å²) in [6.07, 6.45) is 0.810. The zero-order chi connectivity index (χ0) is 19.6. The van der Waals surface area contributed by atoms with Crippen molar-refractivity contribution in [2.45, 2.75) is 20.3 Å². The molecule has 1 aromatic rings. The number of nitrogens with one attached hydrogen (secondary N) is 1. The minimum absolute atomic E-state index is 0.0998. The maximum absolute atomic E-state index is 11.9. The van der Waals surface area contributed by atoms with Crippen LogP contribution in [-0.2, 0) is 9.53 Å². The number of methoxy groups -OCH3 is 2. The molecule has 1 fully saturated rings. The number of aliphatic imine (C=N–C) groups is 1. The molecule has 7 heteroatoms. The Morgan fingerprint density at radius 2 is 1.93 bits per heavy atom. The Hall–Kier alpha value is -2.44. The second-order valence-corrected chi connectivity index (χ2v) is 6.63. The van der Waals surface area contributed by atoms with Gasteiger partial charge in [-0.1, -0.05) is 6.92 Å². The third kappa shape index (κ3) is 6.05. The van der Waals surface area contributed by atoms with Gasteiger partial charge in [0.25, 0.3) is 0 Å². The van der Waals surface area contributed by atoms with Crippen LogP contribution in [0.5, 0.6) is 11.5 Å². The van der Waals surface area contributed by atoms with Gasteiger partial charge in [-0.15, -0.1) is 0 Å². The Balaban J connectivity index is 1.81. The number of guanidine groups is 1. The van der Waals surface area contributed by atoms with Crippen molar-refractivity contribution in [3.05, 3.63) is 24.3 Å². The number of ether oxygens (including phenoxy) is 3. The molecular formula is C20H31N3O4. The van der Waals surface area contributed by atoms with Crippen molar-refractivity contribution in [2.24, 2.45) is 16.8 Å². The van der Waals surface area contributed by atoms with E-state index < -0.39 is 0 Å². The lowest BCUT2D eigenvalue weighted by Crippen LogP contribution is -2.40. The van der Waals surface area contributed by atoms with Gasteiger partial charge in [-0.05, 0) is 37.1 Å². The SMILES string of the molecule is CCNC(=NCCCOc1ccc(OC)cc1)N1CC(C)C(C(=O)OC)C1. The fraction of sp³-hybridized carbons (Fsp3) is 0.600. The normalized spacial score (nSPS) is 19.7. The van der Waals surface area contributed by atoms with E-state index in [1.807, 2.05) is 31.2 Å². The Morgan fingerprint density at radius 1 is 1.22 bits per heavy atom. The Labute approximate surface area is 161 Å². The van der Waals surface area contributed by atoms with Crippen LogP contribution in [0.15, 0.2) is 29.3 Å². The summed E-state index contributed by atoms with van der Waals surface area (Å²) in [4.78, 5) is 18.7. The average Bonchev–Trinajstić information content (AvgIpc) is 3.08. The molecule has 0 aromatic heterocycles. The predicted molar refractivity (Wildman–Crippen MR) is 105 cm³/mol. The Bertz CT molecular complexity index is 618. The molecule has 0 bridgehead atoms. The van der Waals surface area contributed by atoms with E-state index in [4.69, 9.17) is 14.2 Å². The predicted octanol–water partition coefficient (Wildman–Crippen LogP) is 2.17. The minimum Gasteiger partial charge on any atom is -0.497 e. The van der Waals surface area contributed by atoms with Crippen molar-refractivity contribution in [1.82, 2.24) is 10.2 Å². The summed E-state index contributed by atoms with van der Waals surface area (Å²) in [5.74, 6) is 2.49. The zero-order valence-corrected chi connectivity index (χ0v) is 16.7. The van der Waals surface area contributed by atoms with E-state index in [1.165, 1.54) is 7.11 Å². The molecule has 7 nitrogen and oxygen atoms in total. The maximum atomic E-state index is 11.9. The smallest absolute Gasteiger partial charge is 0.310 e. The van der Waals surface area contributed by atoms with E-state index in [9.17, 15) is 4.79 Å². The molecule has 2 unspecified atom stereocenters. The molecule has 150 valence electrons. The number of carbonyl (C=O) groups excluding carboxylic acids is 1. The highest BCUT2D eigenvalue weighted by molar-refractivity contribution is 5.82. The largest absolute Gasteiger partial charge is 0.497 e. The fourth-order valence-electron chi connectivity index (χ4n) is 3.14. The molecule has 1 N–H and O–H groups in total. The van der Waals surface area contributed by atoms with E-state index in [1.54, 1.807) is 7.11 Å². The van der Waals surface area contributed by atoms with Crippen LogP contribution >= 0.6 is 0 Å². The molecule has 2 atom stereocenters. The van der Waals surface area contributed by atoms with Crippen LogP contribution in [0.25, 0.3) is 0 Å². The summed E-state index contributed by atoms with van der Waals surface area (Å²) >= 11 is 0. The van der Waals surface area contributed by atoms with Gasteiger partial charge >= 0.3 is 5.97 Å². The number of hydrogen-bond donors (Lipinski definition) is 1. The molecule has 1 aromatic carbocycles. The van der Waals surface area contributed by atoms with Crippen LogP contribution in [0, 0.1) is 11.8 Å². The first-order chi connectivity index (χ1) is 13.1. The molecule has 1 aliphatic heterocycles. The Morgan fingerprint density at radius 3 is 2.56 bits per heavy atom. The average molecular weight is 377 g/mol. The topological polar surface area (TPSA) is 72.4 Å². The van der Waals surface area contributed by atoms with E-state index in [0.29, 0.717) is 19.7 Å². The van der Waals surface area contributed by atoms with Crippen LogP contribution in [0.3, 0.4) is 0 Å². The number of nitrogens with zero attached hydrogens (tertiary/aromatic N) is 2. The van der Waals surface area contributed by atoms with E-state index >= 15 is 0 Å². The summed E-state index contributed by atoms with van der Waals surface area (Å²) in [5, 5.41) is 3.31. The third-order valence-corrected chi connectivity index (χ3v) is 4.64. The number of esters is 1. The van der Waals surface area contributed by atoms with Crippen LogP contribution in [0.2, 0.25) is 0 Å². The molecule has 1 aliphatic rings. The highest BCUT2D eigenvalue weighted by Crippen LogP contribution is 2.24. The standard InChI is InChI=1S/C20H31N3O4/c1-5-21-20(23-13-15(2)18(14-23)19(24)26-4)22-11-6-12-27-17-9-7-16(25-3)8-10-17/h7-10,15,18H,5-6,11-14H2,1-4H3,(H,21,22). The highest BCUT2D eigenvalue weighted by Gasteiger charge is 2.36. The van der Waals surface area contributed by atoms with Gasteiger partial charge in [0.1, 0.15) is 11.5 Å². The number of hydrogen-bond acceptors (Lipinski definition) is 5. The molecule has 0 amide bonds. The number of likely N-dealkylation sites (tertiary alicyclic amines) is 1. The summed E-state index contributed by atoms with van der Waals surface area (Å²) in [7, 11) is 3.09. The second kappa shape index (κ2) is 10.6. The second-order valence-electron chi connectivity index (χ2n) is 6.63. The first kappa shape index (κ1) is 20.9. The van der Waals surface area contributed by atoms with Crippen molar-refractivity contribution in [3.8, 4) is 11.5 Å². The van der Waals surface area contributed by atoms with Gasteiger partial charge in [0.2, 0.25) is 0 Å². The van der Waals surface area contributed by atoms with Crippen molar-refractivity contribution in [2.75, 3.05) is 47.0 Å². The maximum Gasteiger partial charge on any atom is 0.310 e. The fourth-order valence-corrected chi connectivity index (χ4v) is 3.14. The summed E-state index contributed by atoms with van der Waals surface area (Å²) in [6, 6.07) is 7.54. The number of rotatable bonds is 8. The Kier molecular flexibility index (Phi) is 8.23. The van der Waals surface area contributed by atoms with E-state index in [-0.39, 0.29) is 17.8 Å². The van der Waals surface area contributed by atoms with Gasteiger partial charge in [-0.25, -0.2) is 0 Å². The van der Waals surface area contributed by atoms with Crippen molar-refractivity contribution in [3.63, 3.8) is 0 Å². The quantitative estimate of drug-likeness (QED) is 0.324. The van der Waals surface area contributed by atoms with E-state index in [0.717, 1.165) is 37.0 Å². The number of benzene rings is 1. The number of carbonyl (C=O) groups is 1. The highest BCUT2D eigenvalue weighted by atomic mass is 16.5. The summed E-state index contributed by atoms with van der Waals surface area (Å²) < 4.78 is 15.8. The molecule has 0 saturated carbocycles. The van der Waals surface area contributed by atoms with Crippen molar-refractivity contribution < 1.29 is 19.0 Å². The van der Waals surface area contributed by atoms with Gasteiger partial charge in [-0.3, -0.25) is 9.79 Å². The lowest BCUT2D eigenvalue weighted by Gasteiger charge is -2.21. The first-order valence-corrected chi connectivity index (χ1v) is 9.47. The van der Waals surface area contributed by atoms with Crippen LogP contribution in [0.4, 0.5) is 0 Å². The molecule has 1 saturated heterocycles. The van der Waals surface area contributed by atoms with Crippen molar-refractivity contribution in [1.29, 1.82) is 0 Å². The molecule has 27 heavy (non-hydrogen) atoms. The molecular weight excluding hydrogens is 346 g/mol. The summed E-state index contributed by atoms with van der Waals surface area (Å²) in [5.41, 5.74) is 0. The van der Waals surface area contributed by atoms with Crippen LogP contribution < -0.4 is 14.8 Å². The van der Waals surface area contributed by atoms with Crippen molar-refractivity contribution >= 4 is 11.9 Å². The monoisotopic (exact) mass is 377 g/mol. The minimum atomic E-state index is -0.145. The first-order valence-electron chi connectivity index (χ1n) is 9.47. The van der Waals surface area contributed by atoms with Crippen LogP contribution in [0.1, 0.15) is 20.3 Å². The van der Waals surface area contributed by atoms with E-state index in [2.05, 4.69) is 22.1 Å². The molecule has 0 radical (unpaired) electrons. The zero-order valence-electron chi connectivity index (χ0n) is 16.7. The molecule has 2 rings (SSSR count). The van der Waals surface area contributed by atoms with Gasteiger partial charge in [0.05, 0.1) is 26.7 Å².